The fraction of sp³-hybridized carbons (Fsp3) is 0.389. The lowest BCUT2D eigenvalue weighted by Crippen LogP contribution is -2.39. The molecule has 148 valence electrons. The van der Waals surface area contributed by atoms with Gasteiger partial charge in [0.05, 0.1) is 14.9 Å². The Morgan fingerprint density at radius 1 is 1.32 bits per heavy atom. The van der Waals surface area contributed by atoms with Gasteiger partial charge in [0, 0.05) is 19.2 Å². The van der Waals surface area contributed by atoms with Crippen molar-refractivity contribution in [3.8, 4) is 10.6 Å². The molecular formula is C18H16ClF3N4OS. The number of halogens is 4. The second-order valence-electron chi connectivity index (χ2n) is 6.93. The third-order valence-corrected chi connectivity index (χ3v) is 5.96. The van der Waals surface area contributed by atoms with E-state index in [2.05, 4.69) is 10.1 Å². The van der Waals surface area contributed by atoms with Crippen LogP contribution in [0.2, 0.25) is 4.34 Å². The van der Waals surface area contributed by atoms with Crippen LogP contribution in [0.1, 0.15) is 35.9 Å². The highest BCUT2D eigenvalue weighted by Gasteiger charge is 2.36. The Morgan fingerprint density at radius 2 is 2.11 bits per heavy atom. The number of thiophene rings is 1. The molecule has 1 aliphatic rings. The monoisotopic (exact) mass is 428 g/mol. The van der Waals surface area contributed by atoms with Crippen molar-refractivity contribution >= 4 is 34.5 Å². The van der Waals surface area contributed by atoms with E-state index in [0.29, 0.717) is 32.7 Å². The second-order valence-corrected chi connectivity index (χ2v) is 8.64. The van der Waals surface area contributed by atoms with Crippen molar-refractivity contribution in [2.75, 3.05) is 13.1 Å². The quantitative estimate of drug-likeness (QED) is 0.577. The number of aromatic nitrogens is 3. The van der Waals surface area contributed by atoms with Crippen LogP contribution >= 0.6 is 22.9 Å². The lowest BCUT2D eigenvalue weighted by molar-refractivity contribution is -0.142. The molecule has 0 spiro atoms. The first-order valence-corrected chi connectivity index (χ1v) is 9.95. The molecule has 0 unspecified atom stereocenters. The number of hydrogen-bond donors (Lipinski definition) is 0. The largest absolute Gasteiger partial charge is 0.433 e. The van der Waals surface area contributed by atoms with E-state index in [1.807, 2.05) is 6.92 Å². The van der Waals surface area contributed by atoms with E-state index in [9.17, 15) is 18.0 Å². The maximum absolute atomic E-state index is 13.6. The van der Waals surface area contributed by atoms with Gasteiger partial charge >= 0.3 is 6.18 Å². The van der Waals surface area contributed by atoms with Gasteiger partial charge in [-0.3, -0.25) is 4.79 Å². The summed E-state index contributed by atoms with van der Waals surface area (Å²) < 4.78 is 42.0. The molecule has 3 aromatic rings. The first-order valence-electron chi connectivity index (χ1n) is 8.75. The zero-order valence-electron chi connectivity index (χ0n) is 14.8. The summed E-state index contributed by atoms with van der Waals surface area (Å²) in [6.45, 7) is 3.20. The highest BCUT2D eigenvalue weighted by atomic mass is 35.5. The summed E-state index contributed by atoms with van der Waals surface area (Å²) in [6.07, 6.45) is -2.75. The lowest BCUT2D eigenvalue weighted by atomic mass is 10.0. The van der Waals surface area contributed by atoms with Gasteiger partial charge < -0.3 is 4.90 Å². The number of fused-ring (bicyclic) bond motifs is 1. The summed E-state index contributed by atoms with van der Waals surface area (Å²) in [4.78, 5) is 19.2. The van der Waals surface area contributed by atoms with Gasteiger partial charge in [-0.1, -0.05) is 18.5 Å². The van der Waals surface area contributed by atoms with E-state index in [-0.39, 0.29) is 22.9 Å². The number of amides is 1. The van der Waals surface area contributed by atoms with Gasteiger partial charge in [-0.05, 0) is 37.0 Å². The zero-order valence-corrected chi connectivity index (χ0v) is 16.4. The van der Waals surface area contributed by atoms with Crippen molar-refractivity contribution in [2.45, 2.75) is 25.9 Å². The minimum atomic E-state index is -4.65. The summed E-state index contributed by atoms with van der Waals surface area (Å²) in [5, 5.41) is 3.94. The smallest absolute Gasteiger partial charge is 0.337 e. The Hall–Kier alpha value is -2.13. The number of likely N-dealkylation sites (tertiary alicyclic amines) is 1. The Kier molecular flexibility index (Phi) is 4.83. The van der Waals surface area contributed by atoms with Crippen LogP contribution in [-0.4, -0.2) is 38.5 Å². The molecule has 0 aliphatic carbocycles. The predicted octanol–water partition coefficient (Wildman–Crippen LogP) is 5.00. The molecule has 5 nitrogen and oxygen atoms in total. The number of rotatable bonds is 2. The lowest BCUT2D eigenvalue weighted by Gasteiger charge is -2.30. The number of alkyl halides is 3. The molecule has 0 radical (unpaired) electrons. The van der Waals surface area contributed by atoms with Gasteiger partial charge in [-0.2, -0.15) is 18.3 Å². The Labute approximate surface area is 167 Å². The van der Waals surface area contributed by atoms with Crippen LogP contribution in [0.25, 0.3) is 16.2 Å². The van der Waals surface area contributed by atoms with E-state index in [1.165, 1.54) is 6.07 Å². The van der Waals surface area contributed by atoms with E-state index in [4.69, 9.17) is 11.6 Å². The van der Waals surface area contributed by atoms with Crippen molar-refractivity contribution in [1.82, 2.24) is 19.5 Å². The fourth-order valence-corrected chi connectivity index (χ4v) is 4.40. The van der Waals surface area contributed by atoms with Crippen LogP contribution in [0.3, 0.4) is 0 Å². The summed E-state index contributed by atoms with van der Waals surface area (Å²) in [6, 6.07) is 5.46. The molecule has 1 atom stereocenters. The van der Waals surface area contributed by atoms with Gasteiger partial charge in [0.1, 0.15) is 0 Å². The molecule has 28 heavy (non-hydrogen) atoms. The first kappa shape index (κ1) is 19.2. The molecule has 0 aromatic carbocycles. The predicted molar refractivity (Wildman–Crippen MR) is 101 cm³/mol. The third-order valence-electron chi connectivity index (χ3n) is 4.71. The molecule has 3 aromatic heterocycles. The van der Waals surface area contributed by atoms with Crippen LogP contribution in [0.4, 0.5) is 13.2 Å². The topological polar surface area (TPSA) is 50.5 Å². The molecule has 4 heterocycles. The molecule has 1 amide bonds. The highest BCUT2D eigenvalue weighted by molar-refractivity contribution is 7.19. The van der Waals surface area contributed by atoms with Gasteiger partial charge in [0.15, 0.2) is 17.0 Å². The number of carbonyl (C=O) groups is 1. The molecular weight excluding hydrogens is 413 g/mol. The van der Waals surface area contributed by atoms with Crippen molar-refractivity contribution in [2.24, 2.45) is 5.92 Å². The maximum atomic E-state index is 13.6. The van der Waals surface area contributed by atoms with E-state index < -0.39 is 11.9 Å². The average molecular weight is 429 g/mol. The Morgan fingerprint density at radius 3 is 2.75 bits per heavy atom. The van der Waals surface area contributed by atoms with Crippen molar-refractivity contribution < 1.29 is 18.0 Å². The van der Waals surface area contributed by atoms with Gasteiger partial charge in [0.2, 0.25) is 0 Å². The van der Waals surface area contributed by atoms with Gasteiger partial charge in [0.25, 0.3) is 5.91 Å². The van der Waals surface area contributed by atoms with Gasteiger partial charge in [-0.25, -0.2) is 9.50 Å². The average Bonchev–Trinajstić information content (AvgIpc) is 3.25. The summed E-state index contributed by atoms with van der Waals surface area (Å²) in [5.74, 6) is -0.0142. The highest BCUT2D eigenvalue weighted by Crippen LogP contribution is 2.35. The summed E-state index contributed by atoms with van der Waals surface area (Å²) in [7, 11) is 0. The number of carbonyl (C=O) groups excluding carboxylic acids is 1. The molecule has 0 bridgehead atoms. The van der Waals surface area contributed by atoms with Gasteiger partial charge in [-0.15, -0.1) is 11.3 Å². The summed E-state index contributed by atoms with van der Waals surface area (Å²) in [5.41, 5.74) is -0.901. The maximum Gasteiger partial charge on any atom is 0.433 e. The Bertz CT molecular complexity index is 1050. The van der Waals surface area contributed by atoms with Crippen molar-refractivity contribution in [1.29, 1.82) is 0 Å². The molecule has 1 aliphatic heterocycles. The molecule has 0 saturated carbocycles. The standard InChI is InChI=1S/C18H16ClF3N4OS/c1-10-3-2-6-25(9-10)17(27)12-8-16-23-11(13-4-5-15(19)28-13)7-14(18(20,21)22)26(16)24-12/h4-5,7-8,10H,2-3,6,9H2,1H3/t10-/m1/s1. The molecule has 10 heteroatoms. The molecule has 1 fully saturated rings. The summed E-state index contributed by atoms with van der Waals surface area (Å²) >= 11 is 7.04. The molecule has 1 saturated heterocycles. The van der Waals surface area contributed by atoms with E-state index >= 15 is 0 Å². The fourth-order valence-electron chi connectivity index (χ4n) is 3.39. The van der Waals surface area contributed by atoms with Crippen molar-refractivity contribution in [3.63, 3.8) is 0 Å². The van der Waals surface area contributed by atoms with Crippen LogP contribution < -0.4 is 0 Å². The zero-order chi connectivity index (χ0) is 20.1. The van der Waals surface area contributed by atoms with E-state index in [1.54, 1.807) is 17.0 Å². The molecule has 0 N–H and O–H groups in total. The van der Waals surface area contributed by atoms with Crippen LogP contribution in [0, 0.1) is 5.92 Å². The van der Waals surface area contributed by atoms with E-state index in [0.717, 1.165) is 30.2 Å². The number of nitrogens with zero attached hydrogens (tertiary/aromatic N) is 4. The van der Waals surface area contributed by atoms with Crippen LogP contribution in [0.5, 0.6) is 0 Å². The normalized spacial score (nSPS) is 18.0. The number of hydrogen-bond acceptors (Lipinski definition) is 4. The van der Waals surface area contributed by atoms with Crippen molar-refractivity contribution in [3.05, 3.63) is 40.0 Å². The second kappa shape index (κ2) is 7.04. The van der Waals surface area contributed by atoms with Crippen LogP contribution in [-0.2, 0) is 6.18 Å². The SMILES string of the molecule is C[C@@H]1CCCN(C(=O)c2cc3nc(-c4ccc(Cl)s4)cc(C(F)(F)F)n3n2)C1. The third kappa shape index (κ3) is 3.60. The van der Waals surface area contributed by atoms with Crippen LogP contribution in [0.15, 0.2) is 24.3 Å². The number of piperidine rings is 1. The molecule has 4 rings (SSSR count). The minimum absolute atomic E-state index is 0.0252. The first-order chi connectivity index (χ1) is 13.2. The Balaban J connectivity index is 1.80. The minimum Gasteiger partial charge on any atom is -0.337 e.